The van der Waals surface area contributed by atoms with E-state index < -0.39 is 5.91 Å². The van der Waals surface area contributed by atoms with E-state index in [0.717, 1.165) is 29.7 Å². The quantitative estimate of drug-likeness (QED) is 0.467. The van der Waals surface area contributed by atoms with E-state index in [9.17, 15) is 10.1 Å². The first kappa shape index (κ1) is 23.8. The summed E-state index contributed by atoms with van der Waals surface area (Å²) in [6.45, 7) is 15.1. The second-order valence-electron chi connectivity index (χ2n) is 9.50. The minimum atomic E-state index is -0.395. The van der Waals surface area contributed by atoms with Crippen molar-refractivity contribution in [1.29, 1.82) is 5.26 Å². The van der Waals surface area contributed by atoms with Gasteiger partial charge in [-0.25, -0.2) is 0 Å². The first-order chi connectivity index (χ1) is 14.0. The summed E-state index contributed by atoms with van der Waals surface area (Å²) in [6.07, 6.45) is 3.37. The standard InChI is InChI=1S/C24H36N4O2/c1-8-30-21-10-9-16(2)11-20(21)17(3)27-22(29)18(14-25)15-26-19-12-23(4,5)28-24(6,7)13-19/h9-11,15,17,19,26,28H,8,12-13H2,1-7H3,(H,27,29)/b18-15-. The lowest BCUT2D eigenvalue weighted by atomic mass is 9.79. The van der Waals surface area contributed by atoms with Gasteiger partial charge in [0, 0.05) is 28.9 Å². The summed E-state index contributed by atoms with van der Waals surface area (Å²) in [6, 6.07) is 7.83. The minimum Gasteiger partial charge on any atom is -0.494 e. The molecule has 0 radical (unpaired) electrons. The van der Waals surface area contributed by atoms with Gasteiger partial charge in [0.05, 0.1) is 12.6 Å². The Morgan fingerprint density at radius 3 is 2.53 bits per heavy atom. The van der Waals surface area contributed by atoms with E-state index in [1.807, 2.05) is 45.0 Å². The van der Waals surface area contributed by atoms with Crippen molar-refractivity contribution in [2.75, 3.05) is 6.61 Å². The van der Waals surface area contributed by atoms with Crippen LogP contribution in [0.2, 0.25) is 0 Å². The van der Waals surface area contributed by atoms with Crippen molar-refractivity contribution in [2.24, 2.45) is 0 Å². The molecule has 0 saturated carbocycles. The molecule has 6 heteroatoms. The maximum absolute atomic E-state index is 12.7. The number of amides is 1. The predicted molar refractivity (Wildman–Crippen MR) is 120 cm³/mol. The Hall–Kier alpha value is -2.52. The Morgan fingerprint density at radius 1 is 1.33 bits per heavy atom. The summed E-state index contributed by atoms with van der Waals surface area (Å²) in [5, 5.41) is 19.4. The first-order valence-electron chi connectivity index (χ1n) is 10.7. The van der Waals surface area contributed by atoms with Gasteiger partial charge in [0.25, 0.3) is 5.91 Å². The molecule has 1 atom stereocenters. The van der Waals surface area contributed by atoms with Crippen LogP contribution < -0.4 is 20.7 Å². The Bertz CT molecular complexity index is 820. The van der Waals surface area contributed by atoms with Crippen molar-refractivity contribution < 1.29 is 9.53 Å². The molecule has 0 bridgehead atoms. The summed E-state index contributed by atoms with van der Waals surface area (Å²) in [4.78, 5) is 12.7. The molecule has 1 aromatic carbocycles. The van der Waals surface area contributed by atoms with Gasteiger partial charge >= 0.3 is 0 Å². The Labute approximate surface area is 181 Å². The number of benzene rings is 1. The van der Waals surface area contributed by atoms with Crippen molar-refractivity contribution in [2.45, 2.75) is 84.5 Å². The van der Waals surface area contributed by atoms with Crippen LogP contribution in [0.3, 0.4) is 0 Å². The number of ether oxygens (including phenoxy) is 1. The molecule has 3 N–H and O–H groups in total. The maximum atomic E-state index is 12.7. The van der Waals surface area contributed by atoms with Gasteiger partial charge < -0.3 is 20.7 Å². The van der Waals surface area contributed by atoms with Crippen LogP contribution in [0, 0.1) is 18.3 Å². The van der Waals surface area contributed by atoms with E-state index >= 15 is 0 Å². The fourth-order valence-corrected chi connectivity index (χ4v) is 4.44. The Balaban J connectivity index is 2.10. The van der Waals surface area contributed by atoms with Gasteiger partial charge in [-0.1, -0.05) is 17.7 Å². The summed E-state index contributed by atoms with van der Waals surface area (Å²) in [5.41, 5.74) is 2.03. The smallest absolute Gasteiger partial charge is 0.263 e. The summed E-state index contributed by atoms with van der Waals surface area (Å²) < 4.78 is 5.70. The van der Waals surface area contributed by atoms with Gasteiger partial charge in [-0.05, 0) is 67.4 Å². The normalized spacial score (nSPS) is 19.5. The van der Waals surface area contributed by atoms with Crippen LogP contribution in [0.5, 0.6) is 5.75 Å². The second-order valence-corrected chi connectivity index (χ2v) is 9.50. The zero-order valence-corrected chi connectivity index (χ0v) is 19.3. The molecule has 0 aliphatic carbocycles. The van der Waals surface area contributed by atoms with E-state index in [0.29, 0.717) is 6.61 Å². The lowest BCUT2D eigenvalue weighted by Crippen LogP contribution is -2.61. The molecule has 1 aliphatic rings. The number of nitriles is 1. The molecule has 1 heterocycles. The van der Waals surface area contributed by atoms with E-state index in [2.05, 4.69) is 43.6 Å². The number of carbonyl (C=O) groups excluding carboxylic acids is 1. The van der Waals surface area contributed by atoms with Crippen molar-refractivity contribution in [1.82, 2.24) is 16.0 Å². The molecule has 6 nitrogen and oxygen atoms in total. The van der Waals surface area contributed by atoms with Crippen molar-refractivity contribution in [3.63, 3.8) is 0 Å². The molecule has 164 valence electrons. The van der Waals surface area contributed by atoms with Crippen LogP contribution >= 0.6 is 0 Å². The third kappa shape index (κ3) is 6.50. The minimum absolute atomic E-state index is 0.0162. The first-order valence-corrected chi connectivity index (χ1v) is 10.7. The topological polar surface area (TPSA) is 86.2 Å². The molecule has 0 spiro atoms. The monoisotopic (exact) mass is 412 g/mol. The van der Waals surface area contributed by atoms with Crippen molar-refractivity contribution >= 4 is 5.91 Å². The van der Waals surface area contributed by atoms with Gasteiger partial charge in [-0.3, -0.25) is 4.79 Å². The summed E-state index contributed by atoms with van der Waals surface area (Å²) in [5.74, 6) is 0.351. The highest BCUT2D eigenvalue weighted by Gasteiger charge is 2.37. The van der Waals surface area contributed by atoms with E-state index in [1.165, 1.54) is 0 Å². The average Bonchev–Trinajstić information content (AvgIpc) is 2.61. The van der Waals surface area contributed by atoms with E-state index in [-0.39, 0.29) is 28.7 Å². The lowest BCUT2D eigenvalue weighted by molar-refractivity contribution is -0.117. The fraction of sp³-hybridized carbons (Fsp3) is 0.583. The SMILES string of the molecule is CCOc1ccc(C)cc1C(C)NC(=O)/C(C#N)=C\NC1CC(C)(C)NC(C)(C)C1. The summed E-state index contributed by atoms with van der Waals surface area (Å²) in [7, 11) is 0. The molecule has 30 heavy (non-hydrogen) atoms. The number of hydrogen-bond acceptors (Lipinski definition) is 5. The molecular weight excluding hydrogens is 376 g/mol. The maximum Gasteiger partial charge on any atom is 0.263 e. The molecule has 1 aliphatic heterocycles. The molecule has 1 amide bonds. The van der Waals surface area contributed by atoms with Crippen LogP contribution in [-0.4, -0.2) is 29.6 Å². The third-order valence-corrected chi connectivity index (χ3v) is 5.30. The fourth-order valence-electron chi connectivity index (χ4n) is 4.44. The van der Waals surface area contributed by atoms with E-state index in [1.54, 1.807) is 6.20 Å². The molecule has 0 aromatic heterocycles. The predicted octanol–water partition coefficient (Wildman–Crippen LogP) is 3.88. The van der Waals surface area contributed by atoms with E-state index in [4.69, 9.17) is 4.74 Å². The highest BCUT2D eigenvalue weighted by atomic mass is 16.5. The van der Waals surface area contributed by atoms with Crippen molar-refractivity contribution in [3.8, 4) is 11.8 Å². The van der Waals surface area contributed by atoms with Crippen LogP contribution in [-0.2, 0) is 4.79 Å². The number of piperidine rings is 1. The Kier molecular flexibility index (Phi) is 7.54. The highest BCUT2D eigenvalue weighted by Crippen LogP contribution is 2.29. The highest BCUT2D eigenvalue weighted by molar-refractivity contribution is 5.97. The van der Waals surface area contributed by atoms with Crippen molar-refractivity contribution in [3.05, 3.63) is 41.1 Å². The number of nitrogens with zero attached hydrogens (tertiary/aromatic N) is 1. The summed E-state index contributed by atoms with van der Waals surface area (Å²) >= 11 is 0. The van der Waals surface area contributed by atoms with Crippen LogP contribution in [0.1, 0.15) is 71.6 Å². The molecular formula is C24H36N4O2. The van der Waals surface area contributed by atoms with Gasteiger partial charge in [-0.2, -0.15) is 5.26 Å². The third-order valence-electron chi connectivity index (χ3n) is 5.30. The molecule has 1 unspecified atom stereocenters. The van der Waals surface area contributed by atoms with Crippen LogP contribution in [0.15, 0.2) is 30.0 Å². The van der Waals surface area contributed by atoms with Gasteiger partial charge in [-0.15, -0.1) is 0 Å². The molecule has 1 aromatic rings. The number of nitrogens with one attached hydrogen (secondary N) is 3. The molecule has 1 saturated heterocycles. The largest absolute Gasteiger partial charge is 0.494 e. The number of aryl methyl sites for hydroxylation is 1. The molecule has 2 rings (SSSR count). The second kappa shape index (κ2) is 9.53. The number of hydrogen-bond donors (Lipinski definition) is 3. The number of rotatable bonds is 7. The zero-order valence-electron chi connectivity index (χ0n) is 19.3. The lowest BCUT2D eigenvalue weighted by Gasteiger charge is -2.46. The molecule has 1 fully saturated rings. The van der Waals surface area contributed by atoms with Crippen LogP contribution in [0.4, 0.5) is 0 Å². The van der Waals surface area contributed by atoms with Gasteiger partial charge in [0.2, 0.25) is 0 Å². The zero-order chi connectivity index (χ0) is 22.5. The number of carbonyl (C=O) groups is 1. The van der Waals surface area contributed by atoms with Crippen LogP contribution in [0.25, 0.3) is 0 Å². The Morgan fingerprint density at radius 2 is 1.97 bits per heavy atom. The van der Waals surface area contributed by atoms with Gasteiger partial charge in [0.15, 0.2) is 0 Å². The van der Waals surface area contributed by atoms with Gasteiger partial charge in [0.1, 0.15) is 17.4 Å². The average molecular weight is 413 g/mol.